The van der Waals surface area contributed by atoms with Crippen LogP contribution in [-0.4, -0.2) is 26.4 Å². The molecule has 2 aromatic heterocycles. The Morgan fingerprint density at radius 2 is 1.89 bits per heavy atom. The van der Waals surface area contributed by atoms with Gasteiger partial charge in [0, 0.05) is 11.3 Å². The fourth-order valence-corrected chi connectivity index (χ4v) is 3.48. The lowest BCUT2D eigenvalue weighted by molar-refractivity contribution is 0.340. The van der Waals surface area contributed by atoms with Gasteiger partial charge in [0.25, 0.3) is 0 Å². The predicted molar refractivity (Wildman–Crippen MR) is 103 cm³/mol. The zero-order chi connectivity index (χ0) is 18.6. The van der Waals surface area contributed by atoms with Gasteiger partial charge in [-0.1, -0.05) is 23.9 Å². The Morgan fingerprint density at radius 1 is 1.04 bits per heavy atom. The molecular formula is C20H17FN4OS. The average molecular weight is 380 g/mol. The molecule has 0 atom stereocenters. The smallest absolute Gasteiger partial charge is 0.185 e. The minimum atomic E-state index is -0.229. The first-order chi connectivity index (χ1) is 13.2. The molecule has 0 unspecified atom stereocenters. The van der Waals surface area contributed by atoms with Crippen molar-refractivity contribution in [1.29, 1.82) is 0 Å². The van der Waals surface area contributed by atoms with Crippen LogP contribution in [0, 0.1) is 5.82 Å². The van der Waals surface area contributed by atoms with E-state index >= 15 is 0 Å². The van der Waals surface area contributed by atoms with Crippen LogP contribution in [-0.2, 0) is 5.75 Å². The van der Waals surface area contributed by atoms with Crippen molar-refractivity contribution in [2.24, 2.45) is 0 Å². The van der Waals surface area contributed by atoms with E-state index in [1.807, 2.05) is 49.4 Å². The van der Waals surface area contributed by atoms with Gasteiger partial charge in [0.15, 0.2) is 11.5 Å². The second-order valence-electron chi connectivity index (χ2n) is 5.84. The van der Waals surface area contributed by atoms with Gasteiger partial charge in [-0.25, -0.2) is 4.39 Å². The van der Waals surface area contributed by atoms with Crippen LogP contribution in [0.3, 0.4) is 0 Å². The Bertz CT molecular complexity index is 1070. The number of hydrogen-bond acceptors (Lipinski definition) is 5. The molecule has 0 saturated heterocycles. The first kappa shape index (κ1) is 17.5. The van der Waals surface area contributed by atoms with Crippen LogP contribution in [0.25, 0.3) is 17.0 Å². The van der Waals surface area contributed by atoms with Crippen molar-refractivity contribution in [2.75, 3.05) is 6.61 Å². The van der Waals surface area contributed by atoms with Crippen molar-refractivity contribution >= 4 is 17.4 Å². The van der Waals surface area contributed by atoms with Gasteiger partial charge in [-0.15, -0.1) is 10.2 Å². The summed E-state index contributed by atoms with van der Waals surface area (Å²) in [5, 5.41) is 13.9. The number of fused-ring (bicyclic) bond motifs is 1. The summed E-state index contributed by atoms with van der Waals surface area (Å²) in [4.78, 5) is 0. The molecule has 2 aromatic carbocycles. The molecule has 0 N–H and O–H groups in total. The van der Waals surface area contributed by atoms with Crippen molar-refractivity contribution in [3.63, 3.8) is 0 Å². The molecule has 27 heavy (non-hydrogen) atoms. The van der Waals surface area contributed by atoms with Crippen molar-refractivity contribution < 1.29 is 9.13 Å². The number of aromatic nitrogens is 4. The van der Waals surface area contributed by atoms with Crippen LogP contribution in [0.4, 0.5) is 4.39 Å². The third kappa shape index (κ3) is 3.93. The summed E-state index contributed by atoms with van der Waals surface area (Å²) in [7, 11) is 0. The minimum absolute atomic E-state index is 0.229. The summed E-state index contributed by atoms with van der Waals surface area (Å²) in [6.07, 6.45) is 0. The third-order valence-corrected chi connectivity index (χ3v) is 4.93. The largest absolute Gasteiger partial charge is 0.494 e. The second-order valence-corrected chi connectivity index (χ2v) is 6.84. The molecule has 0 bridgehead atoms. The molecule has 0 aliphatic heterocycles. The van der Waals surface area contributed by atoms with Gasteiger partial charge in [0.2, 0.25) is 0 Å². The van der Waals surface area contributed by atoms with E-state index in [1.165, 1.54) is 23.9 Å². The standard InChI is InChI=1S/C20H17FN4OS/c1-2-26-17-8-6-15(7-9-17)20-23-22-18-10-11-19(24-25(18)20)27-13-14-4-3-5-16(21)12-14/h3-12H,2,13H2,1H3. The molecule has 5 nitrogen and oxygen atoms in total. The molecule has 7 heteroatoms. The number of rotatable bonds is 6. The Hall–Kier alpha value is -2.93. The van der Waals surface area contributed by atoms with Crippen molar-refractivity contribution in [1.82, 2.24) is 19.8 Å². The Kier molecular flexibility index (Phi) is 5.02. The molecule has 0 aliphatic carbocycles. The lowest BCUT2D eigenvalue weighted by atomic mass is 10.2. The Labute approximate surface area is 160 Å². The molecule has 2 heterocycles. The molecule has 4 rings (SSSR count). The fraction of sp³-hybridized carbons (Fsp3) is 0.150. The van der Waals surface area contributed by atoms with E-state index < -0.39 is 0 Å². The number of nitrogens with zero attached hydrogens (tertiary/aromatic N) is 4. The highest BCUT2D eigenvalue weighted by molar-refractivity contribution is 7.98. The zero-order valence-corrected chi connectivity index (χ0v) is 15.5. The van der Waals surface area contributed by atoms with Gasteiger partial charge in [0.1, 0.15) is 16.6 Å². The highest BCUT2D eigenvalue weighted by Crippen LogP contribution is 2.24. The van der Waals surface area contributed by atoms with Gasteiger partial charge in [0.05, 0.1) is 6.61 Å². The highest BCUT2D eigenvalue weighted by Gasteiger charge is 2.11. The summed E-state index contributed by atoms with van der Waals surface area (Å²) >= 11 is 1.54. The van der Waals surface area contributed by atoms with Gasteiger partial charge in [-0.05, 0) is 61.0 Å². The average Bonchev–Trinajstić information content (AvgIpc) is 3.11. The van der Waals surface area contributed by atoms with Crippen LogP contribution >= 0.6 is 11.8 Å². The summed E-state index contributed by atoms with van der Waals surface area (Å²) < 4.78 is 20.5. The number of benzene rings is 2. The molecule has 0 aliphatic rings. The lowest BCUT2D eigenvalue weighted by Gasteiger charge is -2.05. The second kappa shape index (κ2) is 7.75. The van der Waals surface area contributed by atoms with Crippen LogP contribution < -0.4 is 4.74 Å². The van der Waals surface area contributed by atoms with Gasteiger partial charge in [-0.3, -0.25) is 0 Å². The van der Waals surface area contributed by atoms with Gasteiger partial charge in [-0.2, -0.15) is 9.61 Å². The topological polar surface area (TPSA) is 52.3 Å². The summed E-state index contributed by atoms with van der Waals surface area (Å²) in [6, 6.07) is 18.1. The Morgan fingerprint density at radius 3 is 2.67 bits per heavy atom. The fourth-order valence-electron chi connectivity index (χ4n) is 2.68. The summed E-state index contributed by atoms with van der Waals surface area (Å²) in [5.41, 5.74) is 2.50. The maximum Gasteiger partial charge on any atom is 0.185 e. The van der Waals surface area contributed by atoms with Crippen molar-refractivity contribution in [3.8, 4) is 17.1 Å². The first-order valence-corrected chi connectivity index (χ1v) is 9.54. The summed E-state index contributed by atoms with van der Waals surface area (Å²) in [6.45, 7) is 2.58. The third-order valence-electron chi connectivity index (χ3n) is 3.94. The zero-order valence-electron chi connectivity index (χ0n) is 14.7. The van der Waals surface area contributed by atoms with Crippen molar-refractivity contribution in [3.05, 3.63) is 72.0 Å². The van der Waals surface area contributed by atoms with Gasteiger partial charge < -0.3 is 4.74 Å². The van der Waals surface area contributed by atoms with E-state index in [-0.39, 0.29) is 5.82 Å². The molecule has 0 amide bonds. The van der Waals surface area contributed by atoms with E-state index in [9.17, 15) is 4.39 Å². The number of thioether (sulfide) groups is 1. The molecule has 4 aromatic rings. The molecule has 0 saturated carbocycles. The quantitative estimate of drug-likeness (QED) is 0.457. The minimum Gasteiger partial charge on any atom is -0.494 e. The predicted octanol–water partition coefficient (Wildman–Crippen LogP) is 4.62. The first-order valence-electron chi connectivity index (χ1n) is 8.56. The number of halogens is 1. The highest BCUT2D eigenvalue weighted by atomic mass is 32.2. The molecular weight excluding hydrogens is 363 g/mol. The van der Waals surface area contributed by atoms with E-state index in [0.29, 0.717) is 23.8 Å². The maximum absolute atomic E-state index is 13.3. The van der Waals surface area contributed by atoms with E-state index in [0.717, 1.165) is 21.9 Å². The Balaban J connectivity index is 1.59. The van der Waals surface area contributed by atoms with Crippen LogP contribution in [0.2, 0.25) is 0 Å². The number of ether oxygens (including phenoxy) is 1. The van der Waals surface area contributed by atoms with E-state index in [4.69, 9.17) is 4.74 Å². The molecule has 0 fully saturated rings. The molecule has 0 spiro atoms. The monoisotopic (exact) mass is 380 g/mol. The van der Waals surface area contributed by atoms with Crippen LogP contribution in [0.5, 0.6) is 5.75 Å². The van der Waals surface area contributed by atoms with Crippen molar-refractivity contribution in [2.45, 2.75) is 17.7 Å². The SMILES string of the molecule is CCOc1ccc(-c2nnc3ccc(SCc4cccc(F)c4)nn23)cc1. The van der Waals surface area contributed by atoms with Crippen LogP contribution in [0.1, 0.15) is 12.5 Å². The summed E-state index contributed by atoms with van der Waals surface area (Å²) in [5.74, 6) is 1.89. The van der Waals surface area contributed by atoms with Gasteiger partial charge >= 0.3 is 0 Å². The molecule has 136 valence electrons. The van der Waals surface area contributed by atoms with E-state index in [2.05, 4.69) is 15.3 Å². The maximum atomic E-state index is 13.3. The van der Waals surface area contributed by atoms with E-state index in [1.54, 1.807) is 10.6 Å². The lowest BCUT2D eigenvalue weighted by Crippen LogP contribution is -1.97. The number of hydrogen-bond donors (Lipinski definition) is 0. The normalized spacial score (nSPS) is 11.0. The van der Waals surface area contributed by atoms with Crippen LogP contribution in [0.15, 0.2) is 65.7 Å². The molecule has 0 radical (unpaired) electrons.